The predicted octanol–water partition coefficient (Wildman–Crippen LogP) is 3.66. The maximum absolute atomic E-state index is 3.58. The van der Waals surface area contributed by atoms with Crippen LogP contribution in [0.1, 0.15) is 44.2 Å². The zero-order chi connectivity index (χ0) is 14.7. The fourth-order valence-corrected chi connectivity index (χ4v) is 3.93. The minimum absolute atomic E-state index is 0.451. The summed E-state index contributed by atoms with van der Waals surface area (Å²) in [7, 11) is 0. The molecule has 0 amide bonds. The van der Waals surface area contributed by atoms with E-state index in [1.807, 2.05) is 0 Å². The third-order valence-corrected chi connectivity index (χ3v) is 5.90. The Morgan fingerprint density at radius 1 is 1.14 bits per heavy atom. The van der Waals surface area contributed by atoms with Gasteiger partial charge in [0.05, 0.1) is 0 Å². The summed E-state index contributed by atoms with van der Waals surface area (Å²) in [4.78, 5) is 2.61. The van der Waals surface area contributed by atoms with Gasteiger partial charge in [-0.25, -0.2) is 0 Å². The number of hydrogen-bond acceptors (Lipinski definition) is 3. The van der Waals surface area contributed by atoms with Gasteiger partial charge < -0.3 is 5.32 Å². The molecule has 2 aliphatic rings. The Kier molecular flexibility index (Phi) is 4.92. The lowest BCUT2D eigenvalue weighted by Crippen LogP contribution is -2.26. The van der Waals surface area contributed by atoms with Crippen LogP contribution in [0.4, 0.5) is 0 Å². The lowest BCUT2D eigenvalue weighted by molar-refractivity contribution is 0.276. The minimum atomic E-state index is 0.451. The molecule has 0 unspecified atom stereocenters. The fraction of sp³-hybridized carbons (Fsp3) is 0.667. The normalized spacial score (nSPS) is 23.0. The Hall–Kier alpha value is -0.510. The standard InChI is InChI=1S/C18H28N2S/c1-18(2)9-10-20(11-12-21-18)14-16-5-3-15(4-6-16)13-19-17-7-8-17/h3-6,17,19H,7-14H2,1-2H3. The van der Waals surface area contributed by atoms with Crippen LogP contribution in [0.3, 0.4) is 0 Å². The van der Waals surface area contributed by atoms with Crippen LogP contribution in [-0.2, 0) is 13.1 Å². The van der Waals surface area contributed by atoms with E-state index in [1.165, 1.54) is 49.2 Å². The quantitative estimate of drug-likeness (QED) is 0.894. The molecule has 2 nitrogen and oxygen atoms in total. The fourth-order valence-electron chi connectivity index (χ4n) is 2.79. The molecule has 0 spiro atoms. The van der Waals surface area contributed by atoms with E-state index in [0.29, 0.717) is 4.75 Å². The number of rotatable bonds is 5. The molecular formula is C18H28N2S. The lowest BCUT2D eigenvalue weighted by atomic mass is 10.1. The largest absolute Gasteiger partial charge is 0.310 e. The van der Waals surface area contributed by atoms with E-state index in [4.69, 9.17) is 0 Å². The highest BCUT2D eigenvalue weighted by molar-refractivity contribution is 8.00. The summed E-state index contributed by atoms with van der Waals surface area (Å²) in [6.45, 7) is 9.34. The molecule has 1 aliphatic heterocycles. The molecule has 2 fully saturated rings. The van der Waals surface area contributed by atoms with Crippen molar-refractivity contribution in [3.63, 3.8) is 0 Å². The SMILES string of the molecule is CC1(C)CCN(Cc2ccc(CNC3CC3)cc2)CCS1. The Bertz CT molecular complexity index is 451. The third kappa shape index (κ3) is 5.01. The molecule has 116 valence electrons. The van der Waals surface area contributed by atoms with Gasteiger partial charge in [0.1, 0.15) is 0 Å². The van der Waals surface area contributed by atoms with E-state index in [9.17, 15) is 0 Å². The molecule has 1 saturated carbocycles. The minimum Gasteiger partial charge on any atom is -0.310 e. The first-order valence-corrected chi connectivity index (χ1v) is 9.27. The van der Waals surface area contributed by atoms with Gasteiger partial charge in [-0.3, -0.25) is 4.90 Å². The number of nitrogens with one attached hydrogen (secondary N) is 1. The summed E-state index contributed by atoms with van der Waals surface area (Å²) in [5, 5.41) is 3.58. The van der Waals surface area contributed by atoms with Crippen LogP contribution in [0.5, 0.6) is 0 Å². The Balaban J connectivity index is 1.49. The van der Waals surface area contributed by atoms with Crippen molar-refractivity contribution in [2.24, 2.45) is 0 Å². The molecule has 3 rings (SSSR count). The molecule has 0 radical (unpaired) electrons. The van der Waals surface area contributed by atoms with Gasteiger partial charge in [-0.1, -0.05) is 38.1 Å². The molecule has 1 aliphatic carbocycles. The molecule has 1 heterocycles. The van der Waals surface area contributed by atoms with Gasteiger partial charge >= 0.3 is 0 Å². The highest BCUT2D eigenvalue weighted by Crippen LogP contribution is 2.31. The van der Waals surface area contributed by atoms with E-state index in [0.717, 1.165) is 19.1 Å². The number of nitrogens with zero attached hydrogens (tertiary/aromatic N) is 1. The topological polar surface area (TPSA) is 15.3 Å². The smallest absolute Gasteiger partial charge is 0.0234 e. The monoisotopic (exact) mass is 304 g/mol. The van der Waals surface area contributed by atoms with Gasteiger partial charge in [-0.05, 0) is 36.9 Å². The van der Waals surface area contributed by atoms with Crippen LogP contribution < -0.4 is 5.32 Å². The van der Waals surface area contributed by atoms with E-state index in [2.05, 4.69) is 60.1 Å². The van der Waals surface area contributed by atoms with Gasteiger partial charge in [-0.2, -0.15) is 11.8 Å². The van der Waals surface area contributed by atoms with Crippen molar-refractivity contribution in [2.75, 3.05) is 18.8 Å². The predicted molar refractivity (Wildman–Crippen MR) is 92.7 cm³/mol. The van der Waals surface area contributed by atoms with Crippen molar-refractivity contribution in [1.29, 1.82) is 0 Å². The molecule has 21 heavy (non-hydrogen) atoms. The molecule has 1 N–H and O–H groups in total. The summed E-state index contributed by atoms with van der Waals surface area (Å²) in [6.07, 6.45) is 4.02. The second kappa shape index (κ2) is 6.72. The maximum atomic E-state index is 3.58. The summed E-state index contributed by atoms with van der Waals surface area (Å²) < 4.78 is 0.451. The summed E-state index contributed by atoms with van der Waals surface area (Å²) in [5.41, 5.74) is 2.87. The first kappa shape index (κ1) is 15.4. The molecule has 0 bridgehead atoms. The molecule has 3 heteroatoms. The Labute approximate surface area is 133 Å². The van der Waals surface area contributed by atoms with Crippen LogP contribution in [0, 0.1) is 0 Å². The number of thioether (sulfide) groups is 1. The number of hydrogen-bond donors (Lipinski definition) is 1. The van der Waals surface area contributed by atoms with Crippen LogP contribution >= 0.6 is 11.8 Å². The van der Waals surface area contributed by atoms with Crippen molar-refractivity contribution in [2.45, 2.75) is 57.0 Å². The second-order valence-corrected chi connectivity index (χ2v) is 8.91. The maximum Gasteiger partial charge on any atom is 0.0234 e. The van der Waals surface area contributed by atoms with Gasteiger partial charge in [0.2, 0.25) is 0 Å². The molecule has 1 saturated heterocycles. The zero-order valence-electron chi connectivity index (χ0n) is 13.4. The van der Waals surface area contributed by atoms with E-state index in [1.54, 1.807) is 0 Å². The van der Waals surface area contributed by atoms with Gasteiger partial charge in [-0.15, -0.1) is 0 Å². The van der Waals surface area contributed by atoms with Gasteiger partial charge in [0.15, 0.2) is 0 Å². The van der Waals surface area contributed by atoms with Crippen LogP contribution in [0.2, 0.25) is 0 Å². The number of benzene rings is 1. The van der Waals surface area contributed by atoms with Crippen molar-refractivity contribution in [1.82, 2.24) is 10.2 Å². The van der Waals surface area contributed by atoms with Crippen LogP contribution in [0.15, 0.2) is 24.3 Å². The van der Waals surface area contributed by atoms with E-state index >= 15 is 0 Å². The van der Waals surface area contributed by atoms with Gasteiger partial charge in [0.25, 0.3) is 0 Å². The lowest BCUT2D eigenvalue weighted by Gasteiger charge is -2.22. The van der Waals surface area contributed by atoms with Crippen molar-refractivity contribution in [3.05, 3.63) is 35.4 Å². The van der Waals surface area contributed by atoms with Crippen molar-refractivity contribution >= 4 is 11.8 Å². The molecule has 1 aromatic carbocycles. The highest BCUT2D eigenvalue weighted by atomic mass is 32.2. The summed E-state index contributed by atoms with van der Waals surface area (Å²) in [5.74, 6) is 1.26. The summed E-state index contributed by atoms with van der Waals surface area (Å²) >= 11 is 2.12. The highest BCUT2D eigenvalue weighted by Gasteiger charge is 2.23. The first-order chi connectivity index (χ1) is 10.1. The average Bonchev–Trinajstić information content (AvgIpc) is 3.28. The molecule has 0 aromatic heterocycles. The molecule has 1 aromatic rings. The van der Waals surface area contributed by atoms with Crippen LogP contribution in [0.25, 0.3) is 0 Å². The van der Waals surface area contributed by atoms with Gasteiger partial charge in [0, 0.05) is 36.2 Å². The Morgan fingerprint density at radius 3 is 2.57 bits per heavy atom. The third-order valence-electron chi connectivity index (χ3n) is 4.53. The van der Waals surface area contributed by atoms with Crippen LogP contribution in [-0.4, -0.2) is 34.5 Å². The van der Waals surface area contributed by atoms with E-state index < -0.39 is 0 Å². The van der Waals surface area contributed by atoms with Crippen molar-refractivity contribution < 1.29 is 0 Å². The zero-order valence-corrected chi connectivity index (χ0v) is 14.2. The molecule has 0 atom stereocenters. The molecular weight excluding hydrogens is 276 g/mol. The first-order valence-electron chi connectivity index (χ1n) is 8.28. The van der Waals surface area contributed by atoms with Crippen molar-refractivity contribution in [3.8, 4) is 0 Å². The van der Waals surface area contributed by atoms with E-state index in [-0.39, 0.29) is 0 Å². The average molecular weight is 305 g/mol. The second-order valence-electron chi connectivity index (χ2n) is 7.11. The summed E-state index contributed by atoms with van der Waals surface area (Å²) in [6, 6.07) is 10.0. The Morgan fingerprint density at radius 2 is 1.86 bits per heavy atom.